The molecule has 0 amide bonds. The molecular weight excluding hydrogens is 327 g/mol. The molecule has 1 heterocycles. The van der Waals surface area contributed by atoms with E-state index in [0.29, 0.717) is 5.56 Å². The van der Waals surface area contributed by atoms with Crippen LogP contribution in [-0.4, -0.2) is 15.7 Å². The molecule has 116 valence electrons. The molecule has 2 aromatic rings. The predicted octanol–water partition coefficient (Wildman–Crippen LogP) is 3.10. The number of Topliss-reactive ketones (excluding diaryl/α,β-unsaturated/α-hetero) is 1. The Balaban J connectivity index is 2.39. The standard InChI is InChI=1S/C14H8ClFN4O3/c15-10-5-8(1-2-11(10)16)6-12(21)9-3-4-18-14(19-7-17)13(9)20(22)23/h1-5H,6H2,(H,18,19). The number of hydrogen-bond acceptors (Lipinski definition) is 6. The van der Waals surface area contributed by atoms with Crippen LogP contribution in [0, 0.1) is 27.4 Å². The summed E-state index contributed by atoms with van der Waals surface area (Å²) in [7, 11) is 0. The number of rotatable bonds is 5. The lowest BCUT2D eigenvalue weighted by atomic mass is 10.0. The minimum atomic E-state index is -0.794. The number of pyridine rings is 1. The van der Waals surface area contributed by atoms with E-state index in [1.54, 1.807) is 0 Å². The number of ketones is 1. The number of anilines is 1. The van der Waals surface area contributed by atoms with E-state index in [9.17, 15) is 19.3 Å². The minimum Gasteiger partial charge on any atom is -0.294 e. The molecule has 0 unspecified atom stereocenters. The average Bonchev–Trinajstić information content (AvgIpc) is 2.50. The van der Waals surface area contributed by atoms with Gasteiger partial charge in [-0.1, -0.05) is 17.7 Å². The van der Waals surface area contributed by atoms with Crippen molar-refractivity contribution in [3.05, 3.63) is 62.5 Å². The second kappa shape index (κ2) is 6.81. The van der Waals surface area contributed by atoms with E-state index in [4.69, 9.17) is 16.9 Å². The zero-order valence-electron chi connectivity index (χ0n) is 11.4. The molecule has 0 aliphatic rings. The van der Waals surface area contributed by atoms with Gasteiger partial charge in [0.05, 0.1) is 9.95 Å². The molecule has 1 aromatic carbocycles. The van der Waals surface area contributed by atoms with Crippen molar-refractivity contribution in [3.8, 4) is 6.19 Å². The van der Waals surface area contributed by atoms with Crippen LogP contribution >= 0.6 is 11.6 Å². The Bertz CT molecular complexity index is 835. The molecule has 23 heavy (non-hydrogen) atoms. The first-order valence-electron chi connectivity index (χ1n) is 6.19. The summed E-state index contributed by atoms with van der Waals surface area (Å²) >= 11 is 5.64. The molecule has 0 spiro atoms. The molecule has 9 heteroatoms. The van der Waals surface area contributed by atoms with Crippen LogP contribution in [0.5, 0.6) is 0 Å². The monoisotopic (exact) mass is 334 g/mol. The van der Waals surface area contributed by atoms with Crippen molar-refractivity contribution in [3.63, 3.8) is 0 Å². The molecule has 0 saturated carbocycles. The van der Waals surface area contributed by atoms with Crippen LogP contribution in [0.25, 0.3) is 0 Å². The van der Waals surface area contributed by atoms with Crippen LogP contribution in [0.15, 0.2) is 30.5 Å². The summed E-state index contributed by atoms with van der Waals surface area (Å²) in [5, 5.41) is 21.7. The molecule has 0 fully saturated rings. The summed E-state index contributed by atoms with van der Waals surface area (Å²) in [6, 6.07) is 4.93. The molecule has 1 N–H and O–H groups in total. The van der Waals surface area contributed by atoms with Gasteiger partial charge in [-0.15, -0.1) is 0 Å². The van der Waals surface area contributed by atoms with Crippen molar-refractivity contribution in [2.45, 2.75) is 6.42 Å². The highest BCUT2D eigenvalue weighted by molar-refractivity contribution is 6.30. The largest absolute Gasteiger partial charge is 0.323 e. The van der Waals surface area contributed by atoms with Crippen molar-refractivity contribution < 1.29 is 14.1 Å². The van der Waals surface area contributed by atoms with E-state index in [0.717, 1.165) is 6.07 Å². The van der Waals surface area contributed by atoms with Crippen molar-refractivity contribution in [1.29, 1.82) is 5.26 Å². The average molecular weight is 335 g/mol. The van der Waals surface area contributed by atoms with Gasteiger partial charge in [-0.3, -0.25) is 20.2 Å². The van der Waals surface area contributed by atoms with E-state index >= 15 is 0 Å². The number of nitrogens with one attached hydrogen (secondary N) is 1. The maximum atomic E-state index is 13.1. The Morgan fingerprint density at radius 2 is 2.22 bits per heavy atom. The third kappa shape index (κ3) is 3.59. The molecule has 0 radical (unpaired) electrons. The summed E-state index contributed by atoms with van der Waals surface area (Å²) in [6.45, 7) is 0. The summed E-state index contributed by atoms with van der Waals surface area (Å²) in [5.74, 6) is -1.53. The van der Waals surface area contributed by atoms with Crippen LogP contribution in [0.4, 0.5) is 15.9 Å². The number of nitro groups is 1. The van der Waals surface area contributed by atoms with E-state index in [-0.39, 0.29) is 22.8 Å². The highest BCUT2D eigenvalue weighted by Crippen LogP contribution is 2.27. The quantitative estimate of drug-likeness (QED) is 0.296. The van der Waals surface area contributed by atoms with Crippen LogP contribution in [0.3, 0.4) is 0 Å². The first-order valence-corrected chi connectivity index (χ1v) is 6.57. The number of nitrogens with zero attached hydrogens (tertiary/aromatic N) is 3. The number of halogens is 2. The van der Waals surface area contributed by atoms with Crippen LogP contribution in [0.2, 0.25) is 5.02 Å². The molecule has 0 aliphatic heterocycles. The number of carbonyl (C=O) groups is 1. The maximum Gasteiger partial charge on any atom is 0.323 e. The number of carbonyl (C=O) groups excluding carboxylic acids is 1. The fourth-order valence-corrected chi connectivity index (χ4v) is 2.14. The number of hydrogen-bond donors (Lipinski definition) is 1. The first kappa shape index (κ1) is 16.3. The van der Waals surface area contributed by atoms with Gasteiger partial charge >= 0.3 is 5.69 Å². The molecule has 0 saturated heterocycles. The van der Waals surface area contributed by atoms with E-state index < -0.39 is 22.2 Å². The molecule has 0 bridgehead atoms. The molecule has 0 atom stereocenters. The van der Waals surface area contributed by atoms with Crippen LogP contribution < -0.4 is 5.32 Å². The predicted molar refractivity (Wildman–Crippen MR) is 79.6 cm³/mol. The molecule has 7 nitrogen and oxygen atoms in total. The Hall–Kier alpha value is -3.05. The lowest BCUT2D eigenvalue weighted by Crippen LogP contribution is -2.10. The van der Waals surface area contributed by atoms with Gasteiger partial charge in [0.1, 0.15) is 11.4 Å². The molecule has 0 aliphatic carbocycles. The fraction of sp³-hybridized carbons (Fsp3) is 0.0714. The van der Waals surface area contributed by atoms with Crippen molar-refractivity contribution in [2.75, 3.05) is 5.32 Å². The zero-order valence-corrected chi connectivity index (χ0v) is 12.2. The zero-order chi connectivity index (χ0) is 17.0. The smallest absolute Gasteiger partial charge is 0.294 e. The Morgan fingerprint density at radius 1 is 1.48 bits per heavy atom. The van der Waals surface area contributed by atoms with Crippen molar-refractivity contribution >= 4 is 28.9 Å². The van der Waals surface area contributed by atoms with E-state index in [1.165, 1.54) is 30.6 Å². The molecule has 1 aromatic heterocycles. The van der Waals surface area contributed by atoms with E-state index in [2.05, 4.69) is 10.3 Å². The lowest BCUT2D eigenvalue weighted by Gasteiger charge is -2.06. The van der Waals surface area contributed by atoms with Gasteiger partial charge in [0.15, 0.2) is 12.0 Å². The summed E-state index contributed by atoms with van der Waals surface area (Å²) in [6.07, 6.45) is 2.49. The minimum absolute atomic E-state index is 0.147. The van der Waals surface area contributed by atoms with Gasteiger partial charge in [0.2, 0.25) is 5.82 Å². The summed E-state index contributed by atoms with van der Waals surface area (Å²) < 4.78 is 13.1. The summed E-state index contributed by atoms with van der Waals surface area (Å²) in [5.41, 5.74) is -0.391. The van der Waals surface area contributed by atoms with Crippen LogP contribution in [0.1, 0.15) is 15.9 Å². The van der Waals surface area contributed by atoms with Gasteiger partial charge in [-0.2, -0.15) is 5.26 Å². The number of benzene rings is 1. The second-order valence-electron chi connectivity index (χ2n) is 4.40. The van der Waals surface area contributed by atoms with Crippen molar-refractivity contribution in [2.24, 2.45) is 0 Å². The Labute approximate surface area is 134 Å². The van der Waals surface area contributed by atoms with Crippen molar-refractivity contribution in [1.82, 2.24) is 4.98 Å². The topological polar surface area (TPSA) is 109 Å². The fourth-order valence-electron chi connectivity index (χ4n) is 1.94. The highest BCUT2D eigenvalue weighted by atomic mass is 35.5. The molecule has 2 rings (SSSR count). The van der Waals surface area contributed by atoms with Gasteiger partial charge in [0.25, 0.3) is 0 Å². The number of aromatic nitrogens is 1. The first-order chi connectivity index (χ1) is 10.9. The highest BCUT2D eigenvalue weighted by Gasteiger charge is 2.25. The summed E-state index contributed by atoms with van der Waals surface area (Å²) in [4.78, 5) is 26.4. The third-order valence-electron chi connectivity index (χ3n) is 2.93. The number of nitriles is 1. The Morgan fingerprint density at radius 3 is 2.83 bits per heavy atom. The third-order valence-corrected chi connectivity index (χ3v) is 3.22. The van der Waals surface area contributed by atoms with E-state index in [1.807, 2.05) is 0 Å². The second-order valence-corrected chi connectivity index (χ2v) is 4.81. The normalized spacial score (nSPS) is 9.96. The van der Waals surface area contributed by atoms with Gasteiger partial charge in [0, 0.05) is 12.6 Å². The maximum absolute atomic E-state index is 13.1. The Kier molecular flexibility index (Phi) is 4.83. The van der Waals surface area contributed by atoms with Gasteiger partial charge < -0.3 is 0 Å². The van der Waals surface area contributed by atoms with Gasteiger partial charge in [-0.25, -0.2) is 9.37 Å². The van der Waals surface area contributed by atoms with Gasteiger partial charge in [-0.05, 0) is 23.8 Å². The molecular formula is C14H8ClFN4O3. The van der Waals surface area contributed by atoms with Crippen LogP contribution in [-0.2, 0) is 6.42 Å². The SMILES string of the molecule is N#CNc1nccc(C(=O)Cc2ccc(F)c(Cl)c2)c1[N+](=O)[O-]. The lowest BCUT2D eigenvalue weighted by molar-refractivity contribution is -0.384.